The number of rotatable bonds is 6. The van der Waals surface area contributed by atoms with Crippen molar-refractivity contribution in [1.29, 1.82) is 0 Å². The standard InChI is InChI=1S/C15H20ClNO3/c1-10(2)9-17(7-6-14(18)19)15(20)13-5-4-12(16)8-11(13)3/h4-5,8,10H,6-7,9H2,1-3H3,(H,18,19). The van der Waals surface area contributed by atoms with Crippen molar-refractivity contribution in [1.82, 2.24) is 4.90 Å². The molecule has 0 aromatic heterocycles. The van der Waals surface area contributed by atoms with Gasteiger partial charge >= 0.3 is 5.97 Å². The molecule has 1 N–H and O–H groups in total. The number of carboxylic acids is 1. The normalized spacial score (nSPS) is 10.7. The number of benzene rings is 1. The predicted octanol–water partition coefficient (Wildman–Crippen LogP) is 3.22. The third-order valence-corrected chi connectivity index (χ3v) is 3.12. The van der Waals surface area contributed by atoms with E-state index in [1.165, 1.54) is 0 Å². The molecule has 0 aliphatic carbocycles. The lowest BCUT2D eigenvalue weighted by atomic mass is 10.1. The smallest absolute Gasteiger partial charge is 0.305 e. The number of amides is 1. The Labute approximate surface area is 124 Å². The van der Waals surface area contributed by atoms with Crippen molar-refractivity contribution in [2.75, 3.05) is 13.1 Å². The second-order valence-electron chi connectivity index (χ2n) is 5.25. The molecule has 0 bridgehead atoms. The monoisotopic (exact) mass is 297 g/mol. The molecule has 1 aromatic rings. The summed E-state index contributed by atoms with van der Waals surface area (Å²) in [6, 6.07) is 5.10. The molecule has 1 amide bonds. The molecule has 0 heterocycles. The van der Waals surface area contributed by atoms with Gasteiger partial charge in [-0.2, -0.15) is 0 Å². The van der Waals surface area contributed by atoms with Crippen LogP contribution in [0.5, 0.6) is 0 Å². The van der Waals surface area contributed by atoms with E-state index >= 15 is 0 Å². The molecule has 4 nitrogen and oxygen atoms in total. The van der Waals surface area contributed by atoms with E-state index in [1.807, 2.05) is 20.8 Å². The zero-order valence-electron chi connectivity index (χ0n) is 12.0. The van der Waals surface area contributed by atoms with Crippen LogP contribution in [0.15, 0.2) is 18.2 Å². The highest BCUT2D eigenvalue weighted by molar-refractivity contribution is 6.30. The van der Waals surface area contributed by atoms with Crippen molar-refractivity contribution >= 4 is 23.5 Å². The zero-order valence-corrected chi connectivity index (χ0v) is 12.8. The van der Waals surface area contributed by atoms with E-state index in [2.05, 4.69) is 0 Å². The molecule has 1 aromatic carbocycles. The fourth-order valence-electron chi connectivity index (χ4n) is 1.98. The predicted molar refractivity (Wildman–Crippen MR) is 79.2 cm³/mol. The van der Waals surface area contributed by atoms with Gasteiger partial charge in [-0.25, -0.2) is 0 Å². The summed E-state index contributed by atoms with van der Waals surface area (Å²) in [7, 11) is 0. The molecule has 0 saturated carbocycles. The largest absolute Gasteiger partial charge is 0.481 e. The summed E-state index contributed by atoms with van der Waals surface area (Å²) in [5, 5.41) is 9.37. The quantitative estimate of drug-likeness (QED) is 0.877. The molecule has 5 heteroatoms. The minimum Gasteiger partial charge on any atom is -0.481 e. The lowest BCUT2D eigenvalue weighted by Gasteiger charge is -2.24. The van der Waals surface area contributed by atoms with E-state index in [4.69, 9.17) is 16.7 Å². The molecular weight excluding hydrogens is 278 g/mol. The Morgan fingerprint density at radius 3 is 2.50 bits per heavy atom. The molecule has 0 aliphatic rings. The van der Waals surface area contributed by atoms with Crippen LogP contribution in [0.4, 0.5) is 0 Å². The van der Waals surface area contributed by atoms with Crippen LogP contribution < -0.4 is 0 Å². The molecule has 0 fully saturated rings. The summed E-state index contributed by atoms with van der Waals surface area (Å²) in [6.07, 6.45) is -0.0505. The van der Waals surface area contributed by atoms with Crippen LogP contribution in [0.3, 0.4) is 0 Å². The summed E-state index contributed by atoms with van der Waals surface area (Å²) in [4.78, 5) is 24.8. The van der Waals surface area contributed by atoms with Crippen molar-refractivity contribution < 1.29 is 14.7 Å². The van der Waals surface area contributed by atoms with Crippen molar-refractivity contribution in [3.63, 3.8) is 0 Å². The second-order valence-corrected chi connectivity index (χ2v) is 5.68. The summed E-state index contributed by atoms with van der Waals surface area (Å²) < 4.78 is 0. The van der Waals surface area contributed by atoms with E-state index < -0.39 is 5.97 Å². The van der Waals surface area contributed by atoms with Gasteiger partial charge in [0, 0.05) is 23.7 Å². The third kappa shape index (κ3) is 4.85. The number of carboxylic acid groups (broad SMARTS) is 1. The minimum absolute atomic E-state index is 0.0505. The molecule has 20 heavy (non-hydrogen) atoms. The maximum absolute atomic E-state index is 12.5. The molecule has 0 atom stereocenters. The van der Waals surface area contributed by atoms with Crippen LogP contribution in [-0.2, 0) is 4.79 Å². The number of carbonyl (C=O) groups is 2. The average molecular weight is 298 g/mol. The third-order valence-electron chi connectivity index (χ3n) is 2.89. The van der Waals surface area contributed by atoms with Gasteiger partial charge in [-0.05, 0) is 36.6 Å². The number of nitrogens with zero attached hydrogens (tertiary/aromatic N) is 1. The molecule has 0 radical (unpaired) electrons. The van der Waals surface area contributed by atoms with Gasteiger partial charge < -0.3 is 10.0 Å². The van der Waals surface area contributed by atoms with E-state index in [1.54, 1.807) is 23.1 Å². The number of halogens is 1. The van der Waals surface area contributed by atoms with Gasteiger partial charge in [0.05, 0.1) is 6.42 Å². The molecule has 0 aliphatic heterocycles. The lowest BCUT2D eigenvalue weighted by Crippen LogP contribution is -2.36. The Hall–Kier alpha value is -1.55. The molecule has 0 spiro atoms. The topological polar surface area (TPSA) is 57.6 Å². The Morgan fingerprint density at radius 1 is 1.35 bits per heavy atom. The van der Waals surface area contributed by atoms with Crippen LogP contribution in [-0.4, -0.2) is 35.0 Å². The first-order chi connectivity index (χ1) is 9.31. The van der Waals surface area contributed by atoms with Crippen molar-refractivity contribution in [2.24, 2.45) is 5.92 Å². The van der Waals surface area contributed by atoms with Crippen molar-refractivity contribution in [3.8, 4) is 0 Å². The highest BCUT2D eigenvalue weighted by Crippen LogP contribution is 2.17. The van der Waals surface area contributed by atoms with Gasteiger partial charge in [-0.15, -0.1) is 0 Å². The van der Waals surface area contributed by atoms with Gasteiger partial charge in [0.2, 0.25) is 0 Å². The first-order valence-corrected chi connectivity index (χ1v) is 6.96. The second kappa shape index (κ2) is 7.29. The highest BCUT2D eigenvalue weighted by atomic mass is 35.5. The van der Waals surface area contributed by atoms with Crippen LogP contribution in [0, 0.1) is 12.8 Å². The Morgan fingerprint density at radius 2 is 2.00 bits per heavy atom. The van der Waals surface area contributed by atoms with E-state index in [0.29, 0.717) is 17.1 Å². The van der Waals surface area contributed by atoms with Gasteiger partial charge in [0.15, 0.2) is 0 Å². The number of aryl methyl sites for hydroxylation is 1. The maximum atomic E-state index is 12.5. The SMILES string of the molecule is Cc1cc(Cl)ccc1C(=O)N(CCC(=O)O)CC(C)C. The summed E-state index contributed by atoms with van der Waals surface area (Å²) in [5.41, 5.74) is 1.37. The highest BCUT2D eigenvalue weighted by Gasteiger charge is 2.19. The summed E-state index contributed by atoms with van der Waals surface area (Å²) in [5.74, 6) is -0.770. The van der Waals surface area contributed by atoms with Crippen LogP contribution in [0.2, 0.25) is 5.02 Å². The first-order valence-electron chi connectivity index (χ1n) is 6.58. The lowest BCUT2D eigenvalue weighted by molar-refractivity contribution is -0.137. The van der Waals surface area contributed by atoms with Crippen molar-refractivity contribution in [3.05, 3.63) is 34.3 Å². The number of aliphatic carboxylic acids is 1. The zero-order chi connectivity index (χ0) is 15.3. The van der Waals surface area contributed by atoms with Crippen molar-refractivity contribution in [2.45, 2.75) is 27.2 Å². The van der Waals surface area contributed by atoms with Crippen LogP contribution in [0.1, 0.15) is 36.2 Å². The van der Waals surface area contributed by atoms with E-state index in [0.717, 1.165) is 5.56 Å². The average Bonchev–Trinajstić information content (AvgIpc) is 2.33. The van der Waals surface area contributed by atoms with Gasteiger partial charge in [-0.1, -0.05) is 25.4 Å². The molecule has 0 unspecified atom stereocenters. The first kappa shape index (κ1) is 16.5. The molecule has 110 valence electrons. The molecular formula is C15H20ClNO3. The molecule has 0 saturated heterocycles. The van der Waals surface area contributed by atoms with E-state index in [9.17, 15) is 9.59 Å². The minimum atomic E-state index is -0.903. The number of hydrogen-bond acceptors (Lipinski definition) is 2. The Balaban J connectivity index is 2.93. The Kier molecular flexibility index (Phi) is 6.02. The Bertz CT molecular complexity index is 500. The van der Waals surface area contributed by atoms with Crippen LogP contribution >= 0.6 is 11.6 Å². The maximum Gasteiger partial charge on any atom is 0.305 e. The fourth-order valence-corrected chi connectivity index (χ4v) is 2.21. The number of carbonyl (C=O) groups excluding carboxylic acids is 1. The summed E-state index contributed by atoms with van der Waals surface area (Å²) >= 11 is 5.89. The van der Waals surface area contributed by atoms with E-state index in [-0.39, 0.29) is 24.8 Å². The van der Waals surface area contributed by atoms with Gasteiger partial charge in [-0.3, -0.25) is 9.59 Å². The summed E-state index contributed by atoms with van der Waals surface area (Å²) in [6.45, 7) is 6.57. The van der Waals surface area contributed by atoms with Crippen LogP contribution in [0.25, 0.3) is 0 Å². The molecule has 1 rings (SSSR count). The van der Waals surface area contributed by atoms with Gasteiger partial charge in [0.1, 0.15) is 0 Å². The fraction of sp³-hybridized carbons (Fsp3) is 0.467. The van der Waals surface area contributed by atoms with Gasteiger partial charge in [0.25, 0.3) is 5.91 Å². The number of hydrogen-bond donors (Lipinski definition) is 1.